The van der Waals surface area contributed by atoms with Crippen molar-refractivity contribution in [3.05, 3.63) is 87.8 Å². The first-order chi connectivity index (χ1) is 13.8. The Morgan fingerprint density at radius 1 is 1.07 bits per heavy atom. The normalized spacial score (nSPS) is 12.5. The molecule has 2 N–H and O–H groups in total. The van der Waals surface area contributed by atoms with Gasteiger partial charge in [0.15, 0.2) is 0 Å². The Kier molecular flexibility index (Phi) is 6.64. The summed E-state index contributed by atoms with van der Waals surface area (Å²) in [4.78, 5) is 12.5. The van der Waals surface area contributed by atoms with Crippen LogP contribution in [-0.4, -0.2) is 14.3 Å². The molecule has 6 nitrogen and oxygen atoms in total. The van der Waals surface area contributed by atoms with E-state index in [9.17, 15) is 13.2 Å². The molecule has 1 unspecified atom stereocenters. The van der Waals surface area contributed by atoms with Gasteiger partial charge in [-0.15, -0.1) is 0 Å². The van der Waals surface area contributed by atoms with Crippen molar-refractivity contribution in [1.29, 1.82) is 0 Å². The van der Waals surface area contributed by atoms with Gasteiger partial charge < -0.3 is 9.73 Å². The second-order valence-corrected chi connectivity index (χ2v) is 8.82. The molecule has 1 atom stereocenters. The molecule has 1 amide bonds. The molecule has 0 fully saturated rings. The summed E-state index contributed by atoms with van der Waals surface area (Å²) in [6, 6.07) is 14.2. The molecule has 2 aromatic carbocycles. The highest BCUT2D eigenvalue weighted by Gasteiger charge is 2.21. The van der Waals surface area contributed by atoms with E-state index in [4.69, 9.17) is 27.6 Å². The largest absolute Gasteiger partial charge is 0.468 e. The molecule has 0 aliphatic heterocycles. The minimum atomic E-state index is -3.95. The van der Waals surface area contributed by atoms with Crippen LogP contribution in [0, 0.1) is 0 Å². The third-order valence-electron chi connectivity index (χ3n) is 4.22. The van der Waals surface area contributed by atoms with E-state index >= 15 is 0 Å². The van der Waals surface area contributed by atoms with Gasteiger partial charge in [0.25, 0.3) is 5.91 Å². The highest BCUT2D eigenvalue weighted by molar-refractivity contribution is 7.89. The number of benzene rings is 2. The molecule has 0 spiro atoms. The molecule has 3 aromatic rings. The number of hydrogen-bond donors (Lipinski definition) is 2. The summed E-state index contributed by atoms with van der Waals surface area (Å²) in [7, 11) is -3.95. The SMILES string of the molecule is CC(NC(=O)c1ccc(Cl)c(S(=O)(=O)NCc2ccco2)c1)c1ccccc1Cl. The molecule has 0 aliphatic carbocycles. The predicted molar refractivity (Wildman–Crippen MR) is 112 cm³/mol. The van der Waals surface area contributed by atoms with Gasteiger partial charge in [0.2, 0.25) is 10.0 Å². The average molecular weight is 453 g/mol. The maximum atomic E-state index is 12.6. The molecule has 0 saturated carbocycles. The van der Waals surface area contributed by atoms with E-state index in [1.165, 1.54) is 24.5 Å². The van der Waals surface area contributed by atoms with Crippen molar-refractivity contribution in [3.63, 3.8) is 0 Å². The maximum Gasteiger partial charge on any atom is 0.251 e. The summed E-state index contributed by atoms with van der Waals surface area (Å²) in [5.74, 6) is 0.00345. The van der Waals surface area contributed by atoms with Crippen molar-refractivity contribution in [2.24, 2.45) is 0 Å². The molecule has 1 heterocycles. The van der Waals surface area contributed by atoms with Gasteiger partial charge in [0.1, 0.15) is 10.7 Å². The van der Waals surface area contributed by atoms with E-state index in [1.807, 2.05) is 12.1 Å². The lowest BCUT2D eigenvalue weighted by Gasteiger charge is -2.16. The number of sulfonamides is 1. The number of furan rings is 1. The van der Waals surface area contributed by atoms with E-state index < -0.39 is 15.9 Å². The van der Waals surface area contributed by atoms with Crippen LogP contribution >= 0.6 is 23.2 Å². The smallest absolute Gasteiger partial charge is 0.251 e. The van der Waals surface area contributed by atoms with Crippen LogP contribution in [0.25, 0.3) is 0 Å². The topological polar surface area (TPSA) is 88.4 Å². The van der Waals surface area contributed by atoms with Crippen molar-refractivity contribution < 1.29 is 17.6 Å². The van der Waals surface area contributed by atoms with E-state index in [1.54, 1.807) is 31.2 Å². The van der Waals surface area contributed by atoms with E-state index in [0.29, 0.717) is 10.8 Å². The fraction of sp³-hybridized carbons (Fsp3) is 0.150. The Hall–Kier alpha value is -2.32. The van der Waals surface area contributed by atoms with Crippen LogP contribution in [0.3, 0.4) is 0 Å². The fourth-order valence-corrected chi connectivity index (χ4v) is 4.51. The summed E-state index contributed by atoms with van der Waals surface area (Å²) < 4.78 is 32.8. The minimum Gasteiger partial charge on any atom is -0.468 e. The lowest BCUT2D eigenvalue weighted by atomic mass is 10.1. The highest BCUT2D eigenvalue weighted by Crippen LogP contribution is 2.25. The van der Waals surface area contributed by atoms with Crippen molar-refractivity contribution in [2.75, 3.05) is 0 Å². The van der Waals surface area contributed by atoms with E-state index in [-0.39, 0.29) is 28.1 Å². The monoisotopic (exact) mass is 452 g/mol. The molecule has 152 valence electrons. The molecule has 9 heteroatoms. The third kappa shape index (κ3) is 5.19. The van der Waals surface area contributed by atoms with Crippen LogP contribution in [0.15, 0.2) is 70.2 Å². The van der Waals surface area contributed by atoms with Crippen LogP contribution in [-0.2, 0) is 16.6 Å². The molecule has 0 radical (unpaired) electrons. The van der Waals surface area contributed by atoms with Gasteiger partial charge in [0.05, 0.1) is 23.9 Å². The Labute approximate surface area is 178 Å². The molecule has 29 heavy (non-hydrogen) atoms. The third-order valence-corrected chi connectivity index (χ3v) is 6.45. The molecular formula is C20H18Cl2N2O4S. The van der Waals surface area contributed by atoms with Gasteiger partial charge in [-0.1, -0.05) is 41.4 Å². The Morgan fingerprint density at radius 3 is 2.52 bits per heavy atom. The van der Waals surface area contributed by atoms with Crippen LogP contribution in [0.4, 0.5) is 0 Å². The fourth-order valence-electron chi connectivity index (χ4n) is 2.69. The second kappa shape index (κ2) is 9.00. The number of halogens is 2. The van der Waals surface area contributed by atoms with Crippen LogP contribution in [0.1, 0.15) is 34.6 Å². The molecule has 0 saturated heterocycles. The number of hydrogen-bond acceptors (Lipinski definition) is 4. The first kappa shape index (κ1) is 21.4. The second-order valence-electron chi connectivity index (χ2n) is 6.27. The summed E-state index contributed by atoms with van der Waals surface area (Å²) >= 11 is 12.2. The highest BCUT2D eigenvalue weighted by atomic mass is 35.5. The number of nitrogens with one attached hydrogen (secondary N) is 2. The Bertz CT molecular complexity index is 1120. The van der Waals surface area contributed by atoms with Gasteiger partial charge in [-0.05, 0) is 48.9 Å². The zero-order chi connectivity index (χ0) is 21.0. The molecular weight excluding hydrogens is 435 g/mol. The summed E-state index contributed by atoms with van der Waals surface area (Å²) in [5.41, 5.74) is 0.913. The van der Waals surface area contributed by atoms with Gasteiger partial charge in [0, 0.05) is 10.6 Å². The van der Waals surface area contributed by atoms with E-state index in [0.717, 1.165) is 5.56 Å². The van der Waals surface area contributed by atoms with Crippen molar-refractivity contribution >= 4 is 39.1 Å². The minimum absolute atomic E-state index is 0.00708. The lowest BCUT2D eigenvalue weighted by molar-refractivity contribution is 0.0939. The Balaban J connectivity index is 1.79. The van der Waals surface area contributed by atoms with E-state index in [2.05, 4.69) is 10.0 Å². The molecule has 0 bridgehead atoms. The van der Waals surface area contributed by atoms with Crippen LogP contribution in [0.2, 0.25) is 10.0 Å². The number of rotatable bonds is 7. The maximum absolute atomic E-state index is 12.6. The molecule has 1 aromatic heterocycles. The van der Waals surface area contributed by atoms with Gasteiger partial charge in [-0.3, -0.25) is 4.79 Å². The van der Waals surface area contributed by atoms with Crippen molar-refractivity contribution in [3.8, 4) is 0 Å². The zero-order valence-corrected chi connectivity index (χ0v) is 17.7. The van der Waals surface area contributed by atoms with Crippen LogP contribution < -0.4 is 10.0 Å². The first-order valence-electron chi connectivity index (χ1n) is 8.65. The zero-order valence-electron chi connectivity index (χ0n) is 15.4. The molecule has 3 rings (SSSR count). The van der Waals surface area contributed by atoms with Gasteiger partial charge in [-0.2, -0.15) is 0 Å². The first-order valence-corrected chi connectivity index (χ1v) is 10.9. The molecule has 0 aliphatic rings. The quantitative estimate of drug-likeness (QED) is 0.549. The van der Waals surface area contributed by atoms with Gasteiger partial charge >= 0.3 is 0 Å². The Morgan fingerprint density at radius 2 is 1.83 bits per heavy atom. The lowest BCUT2D eigenvalue weighted by Crippen LogP contribution is -2.28. The number of carbonyl (C=O) groups excluding carboxylic acids is 1. The van der Waals surface area contributed by atoms with Crippen LogP contribution in [0.5, 0.6) is 0 Å². The van der Waals surface area contributed by atoms with Gasteiger partial charge in [-0.25, -0.2) is 13.1 Å². The van der Waals surface area contributed by atoms with Crippen molar-refractivity contribution in [1.82, 2.24) is 10.0 Å². The van der Waals surface area contributed by atoms with Crippen molar-refractivity contribution in [2.45, 2.75) is 24.4 Å². The predicted octanol–water partition coefficient (Wildman–Crippen LogP) is 4.56. The summed E-state index contributed by atoms with van der Waals surface area (Å²) in [5, 5.41) is 3.35. The number of carbonyl (C=O) groups is 1. The summed E-state index contributed by atoms with van der Waals surface area (Å²) in [6.07, 6.45) is 1.45. The average Bonchev–Trinajstić information content (AvgIpc) is 3.20. The standard InChI is InChI=1S/C20H18Cl2N2O4S/c1-13(16-6-2-3-7-17(16)21)24-20(25)14-8-9-18(22)19(11-14)29(26,27)23-12-15-5-4-10-28-15/h2-11,13,23H,12H2,1H3,(H,24,25). The number of amides is 1. The summed E-state index contributed by atoms with van der Waals surface area (Å²) in [6.45, 7) is 1.75.